The number of aromatic nitrogens is 3. The van der Waals surface area contributed by atoms with E-state index < -0.39 is 36.6 Å². The van der Waals surface area contributed by atoms with Crippen molar-refractivity contribution in [3.05, 3.63) is 78.4 Å². The molecule has 0 saturated carbocycles. The molecule has 2 aliphatic rings. The highest BCUT2D eigenvalue weighted by Crippen LogP contribution is 2.37. The van der Waals surface area contributed by atoms with Crippen LogP contribution in [0.1, 0.15) is 61.0 Å². The highest BCUT2D eigenvalue weighted by Gasteiger charge is 2.52. The van der Waals surface area contributed by atoms with Gasteiger partial charge in [-0.2, -0.15) is 0 Å². The molecule has 3 aromatic carbocycles. The molecular formula is C34H39B2N3O4. The van der Waals surface area contributed by atoms with E-state index in [1.54, 1.807) is 0 Å². The van der Waals surface area contributed by atoms with E-state index in [9.17, 15) is 0 Å². The molecule has 0 N–H and O–H groups in total. The average Bonchev–Trinajstić information content (AvgIpc) is 3.32. The fourth-order valence-corrected chi connectivity index (χ4v) is 5.00. The van der Waals surface area contributed by atoms with Crippen molar-refractivity contribution < 1.29 is 18.6 Å². The maximum atomic E-state index is 6.25. The molecule has 0 unspecified atom stereocenters. The van der Waals surface area contributed by atoms with Gasteiger partial charge in [0.05, 0.1) is 22.4 Å². The fourth-order valence-electron chi connectivity index (χ4n) is 5.00. The highest BCUT2D eigenvalue weighted by molar-refractivity contribution is 6.62. The van der Waals surface area contributed by atoms with Crippen LogP contribution in [0.15, 0.2) is 72.8 Å². The topological polar surface area (TPSA) is 75.6 Å². The quantitative estimate of drug-likeness (QED) is 0.280. The zero-order valence-corrected chi connectivity index (χ0v) is 26.6. The lowest BCUT2D eigenvalue weighted by Gasteiger charge is -2.32. The molecule has 0 bridgehead atoms. The van der Waals surface area contributed by atoms with Crippen LogP contribution in [0, 0.1) is 6.92 Å². The standard InChI is InChI=1S/C34H39B2N3O4/c1-22-10-12-23(13-11-22)28-37-29(24-14-18-26(19-15-24)35-40-31(2,3)32(4,5)41-35)39-30(38-28)25-16-20-27(21-17-25)36-42-33(6,7)34(8,9)43-36/h10-21H,1-9H3. The summed E-state index contributed by atoms with van der Waals surface area (Å²) in [6.07, 6.45) is 0. The van der Waals surface area contributed by atoms with Gasteiger partial charge in [0.25, 0.3) is 0 Å². The first kappa shape index (κ1) is 29.7. The van der Waals surface area contributed by atoms with Crippen molar-refractivity contribution in [3.8, 4) is 34.2 Å². The van der Waals surface area contributed by atoms with E-state index >= 15 is 0 Å². The Morgan fingerprint density at radius 3 is 0.953 bits per heavy atom. The molecule has 2 aliphatic heterocycles. The van der Waals surface area contributed by atoms with Gasteiger partial charge in [0.15, 0.2) is 17.5 Å². The second kappa shape index (κ2) is 10.4. The monoisotopic (exact) mass is 575 g/mol. The number of benzene rings is 3. The van der Waals surface area contributed by atoms with Gasteiger partial charge in [-0.1, -0.05) is 78.4 Å². The Kier molecular flexibility index (Phi) is 7.17. The van der Waals surface area contributed by atoms with Crippen LogP contribution in [0.2, 0.25) is 0 Å². The number of rotatable bonds is 5. The van der Waals surface area contributed by atoms with Gasteiger partial charge in [-0.3, -0.25) is 0 Å². The summed E-state index contributed by atoms with van der Waals surface area (Å²) in [5.41, 5.74) is 4.16. The Morgan fingerprint density at radius 1 is 0.419 bits per heavy atom. The summed E-state index contributed by atoms with van der Waals surface area (Å²) >= 11 is 0. The molecule has 220 valence electrons. The molecule has 1 aromatic heterocycles. The molecule has 0 aliphatic carbocycles. The van der Waals surface area contributed by atoms with Gasteiger partial charge >= 0.3 is 14.2 Å². The normalized spacial score (nSPS) is 20.0. The van der Waals surface area contributed by atoms with Crippen LogP contribution in [0.25, 0.3) is 34.2 Å². The summed E-state index contributed by atoms with van der Waals surface area (Å²) in [7, 11) is -0.864. The minimum atomic E-state index is -0.432. The van der Waals surface area contributed by atoms with Gasteiger partial charge in [0, 0.05) is 16.7 Å². The zero-order chi connectivity index (χ0) is 30.8. The Hall–Kier alpha value is -3.36. The number of nitrogens with zero attached hydrogens (tertiary/aromatic N) is 3. The largest absolute Gasteiger partial charge is 0.494 e. The Bertz CT molecular complexity index is 1510. The predicted molar refractivity (Wildman–Crippen MR) is 172 cm³/mol. The molecule has 7 nitrogen and oxygen atoms in total. The van der Waals surface area contributed by atoms with Gasteiger partial charge in [-0.05, 0) is 73.2 Å². The smallest absolute Gasteiger partial charge is 0.399 e. The third kappa shape index (κ3) is 5.55. The molecule has 9 heteroatoms. The van der Waals surface area contributed by atoms with Crippen LogP contribution in [0.3, 0.4) is 0 Å². The van der Waals surface area contributed by atoms with Crippen molar-refractivity contribution in [1.29, 1.82) is 0 Å². The van der Waals surface area contributed by atoms with Crippen molar-refractivity contribution in [2.75, 3.05) is 0 Å². The van der Waals surface area contributed by atoms with Gasteiger partial charge in [-0.25, -0.2) is 15.0 Å². The molecular weight excluding hydrogens is 536 g/mol. The highest BCUT2D eigenvalue weighted by atomic mass is 16.7. The van der Waals surface area contributed by atoms with Crippen molar-refractivity contribution in [1.82, 2.24) is 15.0 Å². The van der Waals surface area contributed by atoms with E-state index in [1.807, 2.05) is 60.7 Å². The van der Waals surface area contributed by atoms with Gasteiger partial charge in [-0.15, -0.1) is 0 Å². The molecule has 0 radical (unpaired) electrons. The van der Waals surface area contributed by atoms with Crippen LogP contribution in [-0.2, 0) is 18.6 Å². The number of hydrogen-bond acceptors (Lipinski definition) is 7. The molecule has 43 heavy (non-hydrogen) atoms. The predicted octanol–water partition coefficient (Wildman–Crippen LogP) is 5.78. The molecule has 6 rings (SSSR count). The van der Waals surface area contributed by atoms with Gasteiger partial charge in [0.1, 0.15) is 0 Å². The van der Waals surface area contributed by atoms with Crippen molar-refractivity contribution in [3.63, 3.8) is 0 Å². The van der Waals surface area contributed by atoms with Crippen LogP contribution >= 0.6 is 0 Å². The Labute approximate surface area is 255 Å². The van der Waals surface area contributed by atoms with E-state index in [-0.39, 0.29) is 0 Å². The van der Waals surface area contributed by atoms with Crippen molar-refractivity contribution in [2.24, 2.45) is 0 Å². The minimum absolute atomic E-state index is 0.402. The maximum absolute atomic E-state index is 6.25. The lowest BCUT2D eigenvalue weighted by atomic mass is 9.79. The molecule has 4 aromatic rings. The first-order valence-electron chi connectivity index (χ1n) is 14.9. The summed E-state index contributed by atoms with van der Waals surface area (Å²) in [5, 5.41) is 0. The lowest BCUT2D eigenvalue weighted by Crippen LogP contribution is -2.41. The van der Waals surface area contributed by atoms with E-state index in [1.165, 1.54) is 5.56 Å². The van der Waals surface area contributed by atoms with E-state index in [0.29, 0.717) is 17.5 Å². The lowest BCUT2D eigenvalue weighted by molar-refractivity contribution is 0.00578. The molecule has 0 atom stereocenters. The maximum Gasteiger partial charge on any atom is 0.494 e. The minimum Gasteiger partial charge on any atom is -0.399 e. The van der Waals surface area contributed by atoms with E-state index in [4.69, 9.17) is 33.6 Å². The molecule has 0 amide bonds. The first-order chi connectivity index (χ1) is 20.1. The summed E-state index contributed by atoms with van der Waals surface area (Å²) in [5.74, 6) is 1.80. The molecule has 0 spiro atoms. The third-order valence-corrected chi connectivity index (χ3v) is 9.33. The Balaban J connectivity index is 1.33. The first-order valence-corrected chi connectivity index (χ1v) is 14.9. The third-order valence-electron chi connectivity index (χ3n) is 9.33. The van der Waals surface area contributed by atoms with Crippen molar-refractivity contribution >= 4 is 25.2 Å². The van der Waals surface area contributed by atoms with Crippen LogP contribution in [0.4, 0.5) is 0 Å². The second-order valence-corrected chi connectivity index (χ2v) is 13.6. The van der Waals surface area contributed by atoms with Crippen LogP contribution < -0.4 is 10.9 Å². The molecule has 2 fully saturated rings. The Morgan fingerprint density at radius 2 is 0.674 bits per heavy atom. The SMILES string of the molecule is Cc1ccc(-c2nc(-c3ccc(B4OC(C)(C)C(C)(C)O4)cc3)nc(-c3ccc(B4OC(C)(C)C(C)(C)O4)cc3)n2)cc1. The summed E-state index contributed by atoms with van der Waals surface area (Å²) in [6, 6.07) is 24.4. The van der Waals surface area contributed by atoms with Crippen molar-refractivity contribution in [2.45, 2.75) is 84.7 Å². The van der Waals surface area contributed by atoms with Crippen LogP contribution in [-0.4, -0.2) is 51.6 Å². The average molecular weight is 575 g/mol. The van der Waals surface area contributed by atoms with Crippen LogP contribution in [0.5, 0.6) is 0 Å². The second-order valence-electron chi connectivity index (χ2n) is 13.6. The van der Waals surface area contributed by atoms with Gasteiger partial charge in [0.2, 0.25) is 0 Å². The van der Waals surface area contributed by atoms with E-state index in [0.717, 1.165) is 27.6 Å². The zero-order valence-electron chi connectivity index (χ0n) is 26.6. The number of aryl methyl sites for hydroxylation is 1. The summed E-state index contributed by atoms with van der Waals surface area (Å²) in [4.78, 5) is 14.7. The molecule has 2 saturated heterocycles. The number of hydrogen-bond donors (Lipinski definition) is 0. The van der Waals surface area contributed by atoms with Gasteiger partial charge < -0.3 is 18.6 Å². The molecule has 3 heterocycles. The summed E-state index contributed by atoms with van der Waals surface area (Å²) in [6.45, 7) is 18.5. The van der Waals surface area contributed by atoms with E-state index in [2.05, 4.69) is 74.4 Å². The summed E-state index contributed by atoms with van der Waals surface area (Å²) < 4.78 is 25.0. The fraction of sp³-hybridized carbons (Fsp3) is 0.382.